The fourth-order valence-corrected chi connectivity index (χ4v) is 14.1. The Morgan fingerprint density at radius 3 is 0.775 bits per heavy atom. The van der Waals surface area contributed by atoms with E-state index >= 15 is 0 Å². The number of benzene rings is 7. The molecule has 0 spiro atoms. The zero-order valence-electron chi connectivity index (χ0n) is 47.5. The van der Waals surface area contributed by atoms with Gasteiger partial charge in [0.05, 0.1) is 93.3 Å². The molecule has 89 heavy (non-hydrogen) atoms. The number of aliphatic hydroxyl groups is 1. The van der Waals surface area contributed by atoms with Crippen LogP contribution in [0, 0.1) is 49.4 Å². The van der Waals surface area contributed by atoms with Gasteiger partial charge in [-0.3, -0.25) is 18.9 Å². The van der Waals surface area contributed by atoms with Crippen molar-refractivity contribution >= 4 is 77.2 Å². The molecule has 479 valence electrons. The normalized spacial score (nSPS) is 11.5. The molecule has 7 aromatic rings. The average Bonchev–Trinajstić information content (AvgIpc) is 2.63. The zero-order valence-corrected chi connectivity index (χ0v) is 52.6. The van der Waals surface area contributed by atoms with Gasteiger partial charge in [0, 0.05) is 55.5 Å². The Bertz CT molecular complexity index is 3190. The second kappa shape index (κ2) is 35.4. The number of halogens is 12. The van der Waals surface area contributed by atoms with E-state index < -0.39 is 74.6 Å². The van der Waals surface area contributed by atoms with Crippen LogP contribution >= 0.6 is 22.7 Å². The Balaban J connectivity index is 0.000000399. The van der Waals surface area contributed by atoms with Crippen LogP contribution < -0.4 is 70.3 Å². The number of ketones is 3. The molecular formula is C59H53EuF12O14P3. The number of carbonyl (C=O) groups is 3. The van der Waals surface area contributed by atoms with Gasteiger partial charge in [-0.15, -0.1) is 0 Å². The van der Waals surface area contributed by atoms with Crippen molar-refractivity contribution in [3.05, 3.63) is 182 Å². The van der Waals surface area contributed by atoms with E-state index in [1.807, 2.05) is 158 Å². The zero-order chi connectivity index (χ0) is 66.3. The molecule has 14 nitrogen and oxygen atoms in total. The summed E-state index contributed by atoms with van der Waals surface area (Å²) in [4.78, 5) is 29.6. The van der Waals surface area contributed by atoms with Crippen molar-refractivity contribution in [1.29, 1.82) is 0 Å². The molecule has 0 aliphatic carbocycles. The van der Waals surface area contributed by atoms with Crippen molar-refractivity contribution in [3.63, 3.8) is 0 Å². The number of ether oxygens (including phenoxy) is 7. The van der Waals surface area contributed by atoms with Crippen molar-refractivity contribution in [2.75, 3.05) is 49.8 Å². The molecule has 1 radical (unpaired) electrons. The Kier molecular flexibility index (Phi) is 31.1. The van der Waals surface area contributed by atoms with Crippen LogP contribution in [0.4, 0.5) is 52.7 Å². The Labute approximate surface area is 544 Å². The van der Waals surface area contributed by atoms with E-state index in [0.717, 1.165) is 0 Å². The van der Waals surface area contributed by atoms with Crippen LogP contribution in [-0.4, -0.2) is 96.9 Å². The number of aliphatic hydroxyl groups excluding tert-OH is 1. The Morgan fingerprint density at radius 1 is 0.382 bits per heavy atom. The average molecular weight is 1460 g/mol. The van der Waals surface area contributed by atoms with Crippen LogP contribution in [-0.2, 0) is 28.1 Å². The van der Waals surface area contributed by atoms with E-state index in [1.165, 1.54) is 0 Å². The standard InChI is InChI=1S/2C21H21O4P.C7H7O2P.2C5H2F6O2.Eu/c2*1-23-16-10-4-7-13-19(16)26(22,20-14-8-5-11-17(20)24-2)21-15-9-6-12-18(21)25-3;1-9-6-4-2-3-5-7(6)10-8;2*6-4(7,8)2(12)1-3(13)5(9,10)11;/h2*4-15H,1-3H3;2-5H,1H3;1H2;1,12H;. The molecule has 0 bridgehead atoms. The van der Waals surface area contributed by atoms with Crippen molar-refractivity contribution in [1.82, 2.24) is 0 Å². The molecule has 7 aromatic carbocycles. The first-order chi connectivity index (χ1) is 41.3. The SMILES string of the molecule is COc1ccccc1P(=O)(c1ccccc1OC)c1ccccc1OC.COc1ccccc1P(=O)(c1ccccc1OC)c1ccccc1OC.COc1ccccc1P=O.O=C(C=C(O)C(F)(F)F)C(F)(F)F.O=C(CC(=O)C(F)(F)F)C(F)(F)F.[Eu]. The summed E-state index contributed by atoms with van der Waals surface area (Å²) in [6.45, 7) is 0. The van der Waals surface area contributed by atoms with E-state index in [0.29, 0.717) is 77.4 Å². The minimum Gasteiger partial charge on any atom is -0.504 e. The van der Waals surface area contributed by atoms with Crippen LogP contribution in [0.1, 0.15) is 6.42 Å². The summed E-state index contributed by atoms with van der Waals surface area (Å²) in [5, 5.41) is 12.3. The summed E-state index contributed by atoms with van der Waals surface area (Å²) in [6, 6.07) is 51.4. The van der Waals surface area contributed by atoms with Gasteiger partial charge in [-0.2, -0.15) is 52.7 Å². The largest absolute Gasteiger partial charge is 0.504 e. The number of alkyl halides is 12. The van der Waals surface area contributed by atoms with Gasteiger partial charge in [-0.25, -0.2) is 0 Å². The topological polar surface area (TPSA) is 187 Å². The fraction of sp³-hybridized carbons (Fsp3) is 0.203. The molecule has 0 aromatic heterocycles. The second-order valence-corrected chi connectivity index (χ2v) is 22.9. The number of para-hydroxylation sites is 7. The van der Waals surface area contributed by atoms with Gasteiger partial charge in [-0.1, -0.05) is 84.9 Å². The number of rotatable bonds is 17. The number of hydrogen-bond donors (Lipinski definition) is 1. The number of allylic oxidation sites excluding steroid dienone is 2. The fourth-order valence-electron chi connectivity index (χ4n) is 7.46. The summed E-state index contributed by atoms with van der Waals surface area (Å²) in [5.41, 5.74) is 0. The molecule has 0 heterocycles. The molecule has 30 heteroatoms. The first-order valence-electron chi connectivity index (χ1n) is 24.6. The second-order valence-electron chi connectivity index (χ2n) is 16.9. The first-order valence-corrected chi connectivity index (χ1v) is 28.8. The van der Waals surface area contributed by atoms with Crippen molar-refractivity contribution in [3.8, 4) is 40.2 Å². The number of hydrogen-bond acceptors (Lipinski definition) is 14. The van der Waals surface area contributed by atoms with Crippen LogP contribution in [0.15, 0.2) is 182 Å². The molecule has 0 aliphatic rings. The molecule has 0 atom stereocenters. The summed E-state index contributed by atoms with van der Waals surface area (Å²) < 4.78 is 214. The van der Waals surface area contributed by atoms with E-state index in [-0.39, 0.29) is 57.8 Å². The van der Waals surface area contributed by atoms with Crippen LogP contribution in [0.3, 0.4) is 0 Å². The smallest absolute Gasteiger partial charge is 0.454 e. The third kappa shape index (κ3) is 21.3. The minimum absolute atomic E-state index is 0. The van der Waals surface area contributed by atoms with Gasteiger partial charge in [-0.05, 0) is 84.9 Å². The summed E-state index contributed by atoms with van der Waals surface area (Å²) in [5.74, 6) is -6.69. The minimum atomic E-state index is -5.42. The van der Waals surface area contributed by atoms with Crippen LogP contribution in [0.2, 0.25) is 0 Å². The van der Waals surface area contributed by atoms with Gasteiger partial charge in [0.1, 0.15) is 40.2 Å². The predicted molar refractivity (Wildman–Crippen MR) is 306 cm³/mol. The third-order valence-corrected chi connectivity index (χ3v) is 18.4. The van der Waals surface area contributed by atoms with Crippen molar-refractivity contribution in [2.45, 2.75) is 31.1 Å². The number of methoxy groups -OCH3 is 7. The van der Waals surface area contributed by atoms with E-state index in [2.05, 4.69) is 0 Å². The van der Waals surface area contributed by atoms with E-state index in [1.54, 1.807) is 61.9 Å². The number of carbonyl (C=O) groups excluding carboxylic acids is 3. The van der Waals surface area contributed by atoms with Gasteiger partial charge in [0.2, 0.25) is 17.3 Å². The quantitative estimate of drug-likeness (QED) is 0.0298. The monoisotopic (exact) mass is 1460 g/mol. The van der Waals surface area contributed by atoms with Gasteiger partial charge in [0.15, 0.2) is 22.7 Å². The third-order valence-electron chi connectivity index (χ3n) is 11.5. The molecule has 0 aliphatic heterocycles. The van der Waals surface area contributed by atoms with Gasteiger partial charge >= 0.3 is 24.7 Å². The maximum Gasteiger partial charge on any atom is 0.454 e. The number of Topliss-reactive ketones (excluding diaryl/α,β-unsaturated/α-hetero) is 2. The molecule has 0 fully saturated rings. The summed E-state index contributed by atoms with van der Waals surface area (Å²) in [7, 11) is 4.40. The van der Waals surface area contributed by atoms with Gasteiger partial charge < -0.3 is 47.4 Å². The molecule has 1 N–H and O–H groups in total. The summed E-state index contributed by atoms with van der Waals surface area (Å²) >= 11 is 0. The van der Waals surface area contributed by atoms with Crippen LogP contribution in [0.5, 0.6) is 40.2 Å². The van der Waals surface area contributed by atoms with E-state index in [4.69, 9.17) is 38.3 Å². The molecular weight excluding hydrogens is 1410 g/mol. The molecule has 0 amide bonds. The first kappa shape index (κ1) is 78.1. The maximum absolute atomic E-state index is 14.7. The molecule has 7 rings (SSSR count). The molecule has 0 unspecified atom stereocenters. The Hall–Kier alpha value is -7.01. The Morgan fingerprint density at radius 2 is 0.596 bits per heavy atom. The maximum atomic E-state index is 14.7. The van der Waals surface area contributed by atoms with Crippen molar-refractivity contribution in [2.24, 2.45) is 0 Å². The van der Waals surface area contributed by atoms with Crippen molar-refractivity contribution < 1.29 is 168 Å². The molecule has 0 saturated heterocycles. The predicted octanol–water partition coefficient (Wildman–Crippen LogP) is 12.1. The van der Waals surface area contributed by atoms with Gasteiger partial charge in [0.25, 0.3) is 5.78 Å². The van der Waals surface area contributed by atoms with E-state index in [9.17, 15) is 80.8 Å². The molecule has 0 saturated carbocycles. The summed E-state index contributed by atoms with van der Waals surface area (Å²) in [6.07, 6.45) is -24.7. The van der Waals surface area contributed by atoms with Crippen LogP contribution in [0.25, 0.3) is 0 Å².